The summed E-state index contributed by atoms with van der Waals surface area (Å²) >= 11 is 0.999. The molecule has 1 aromatic rings. The van der Waals surface area contributed by atoms with Gasteiger partial charge in [0.1, 0.15) is 0 Å². The van der Waals surface area contributed by atoms with Gasteiger partial charge in [0.15, 0.2) is 9.34 Å². The van der Waals surface area contributed by atoms with E-state index < -0.39 is 10.0 Å². The molecular weight excluding hydrogens is 258 g/mol. The van der Waals surface area contributed by atoms with Gasteiger partial charge < -0.3 is 5.73 Å². The number of nitrogens with zero attached hydrogens (tertiary/aromatic N) is 1. The van der Waals surface area contributed by atoms with Crippen LogP contribution in [-0.2, 0) is 10.0 Å². The van der Waals surface area contributed by atoms with Crippen LogP contribution in [0.3, 0.4) is 0 Å². The first kappa shape index (κ1) is 14.4. The highest BCUT2D eigenvalue weighted by molar-refractivity contribution is 7.91. The first-order valence-electron chi connectivity index (χ1n) is 5.53. The summed E-state index contributed by atoms with van der Waals surface area (Å²) in [6, 6.07) is -0.104. The number of nitrogens with one attached hydrogen (secondary N) is 1. The van der Waals surface area contributed by atoms with E-state index in [0.717, 1.165) is 17.8 Å². The second-order valence-electron chi connectivity index (χ2n) is 4.22. The number of rotatable bonds is 5. The molecule has 98 valence electrons. The van der Waals surface area contributed by atoms with Gasteiger partial charge in [-0.05, 0) is 19.8 Å². The van der Waals surface area contributed by atoms with Crippen molar-refractivity contribution >= 4 is 26.5 Å². The van der Waals surface area contributed by atoms with Gasteiger partial charge in [-0.2, -0.15) is 0 Å². The monoisotopic (exact) mass is 277 g/mol. The predicted octanol–water partition coefficient (Wildman–Crippen LogP) is 1.75. The smallest absolute Gasteiger partial charge is 0.252 e. The Hall–Kier alpha value is -0.660. The first-order chi connectivity index (χ1) is 7.77. The molecule has 2 unspecified atom stereocenters. The topological polar surface area (TPSA) is 85.1 Å². The largest absolute Gasteiger partial charge is 0.375 e. The third-order valence-electron chi connectivity index (χ3n) is 2.85. The van der Waals surface area contributed by atoms with E-state index in [9.17, 15) is 8.42 Å². The van der Waals surface area contributed by atoms with Gasteiger partial charge in [0, 0.05) is 6.04 Å². The van der Waals surface area contributed by atoms with Gasteiger partial charge in [-0.1, -0.05) is 31.6 Å². The molecule has 1 heterocycles. The molecule has 0 aromatic carbocycles. The molecule has 5 nitrogen and oxygen atoms in total. The molecule has 0 fully saturated rings. The highest BCUT2D eigenvalue weighted by atomic mass is 32.2. The number of hydrogen-bond donors (Lipinski definition) is 2. The van der Waals surface area contributed by atoms with Crippen LogP contribution in [0.5, 0.6) is 0 Å². The van der Waals surface area contributed by atoms with E-state index in [1.807, 2.05) is 20.8 Å². The van der Waals surface area contributed by atoms with E-state index in [4.69, 9.17) is 5.73 Å². The average molecular weight is 277 g/mol. The van der Waals surface area contributed by atoms with Crippen LogP contribution in [0.25, 0.3) is 0 Å². The number of nitrogens with two attached hydrogens (primary N) is 1. The first-order valence-corrected chi connectivity index (χ1v) is 7.83. The van der Waals surface area contributed by atoms with Crippen molar-refractivity contribution in [1.82, 2.24) is 9.71 Å². The molecule has 0 aliphatic heterocycles. The fourth-order valence-electron chi connectivity index (χ4n) is 1.42. The molecule has 0 saturated carbocycles. The minimum Gasteiger partial charge on any atom is -0.375 e. The maximum Gasteiger partial charge on any atom is 0.252 e. The zero-order valence-corrected chi connectivity index (χ0v) is 12.2. The fourth-order valence-corrected chi connectivity index (χ4v) is 4.09. The summed E-state index contributed by atoms with van der Waals surface area (Å²) < 4.78 is 27.1. The molecule has 2 atom stereocenters. The van der Waals surface area contributed by atoms with Crippen LogP contribution in [-0.4, -0.2) is 19.4 Å². The number of aryl methyl sites for hydroxylation is 1. The molecule has 0 amide bonds. The minimum atomic E-state index is -3.50. The maximum atomic E-state index is 12.1. The molecule has 3 N–H and O–H groups in total. The van der Waals surface area contributed by atoms with Gasteiger partial charge in [0.25, 0.3) is 10.0 Å². The highest BCUT2D eigenvalue weighted by Gasteiger charge is 2.24. The number of hydrogen-bond acceptors (Lipinski definition) is 5. The SMILES string of the molecule is CCC(C)C(C)NS(=O)(=O)c1sc(N)nc1C. The zero-order chi connectivity index (χ0) is 13.2. The lowest BCUT2D eigenvalue weighted by Crippen LogP contribution is -2.36. The molecule has 0 bridgehead atoms. The number of thiazole rings is 1. The van der Waals surface area contributed by atoms with Crippen molar-refractivity contribution in [3.05, 3.63) is 5.69 Å². The van der Waals surface area contributed by atoms with Gasteiger partial charge >= 0.3 is 0 Å². The van der Waals surface area contributed by atoms with Gasteiger partial charge in [0.05, 0.1) is 5.69 Å². The summed E-state index contributed by atoms with van der Waals surface area (Å²) in [5.74, 6) is 0.287. The molecule has 7 heteroatoms. The van der Waals surface area contributed by atoms with E-state index in [0.29, 0.717) is 5.69 Å². The van der Waals surface area contributed by atoms with E-state index in [2.05, 4.69) is 9.71 Å². The molecule has 0 aliphatic carbocycles. The van der Waals surface area contributed by atoms with Crippen molar-refractivity contribution in [2.45, 2.75) is 44.4 Å². The average Bonchev–Trinajstić information content (AvgIpc) is 2.56. The van der Waals surface area contributed by atoms with E-state index in [1.165, 1.54) is 0 Å². The van der Waals surface area contributed by atoms with Crippen molar-refractivity contribution in [2.24, 2.45) is 5.92 Å². The van der Waals surface area contributed by atoms with Gasteiger partial charge in [0.2, 0.25) is 0 Å². The van der Waals surface area contributed by atoms with Crippen LogP contribution in [0.1, 0.15) is 32.9 Å². The van der Waals surface area contributed by atoms with Crippen molar-refractivity contribution in [3.63, 3.8) is 0 Å². The van der Waals surface area contributed by atoms with E-state index >= 15 is 0 Å². The third-order valence-corrected chi connectivity index (χ3v) is 6.01. The molecule has 17 heavy (non-hydrogen) atoms. The Morgan fingerprint density at radius 1 is 1.47 bits per heavy atom. The second-order valence-corrected chi connectivity index (χ2v) is 7.16. The Bertz CT molecular complexity index is 482. The summed E-state index contributed by atoms with van der Waals surface area (Å²) in [6.45, 7) is 7.56. The Morgan fingerprint density at radius 3 is 2.47 bits per heavy atom. The van der Waals surface area contributed by atoms with E-state index in [-0.39, 0.29) is 21.3 Å². The molecule has 1 rings (SSSR count). The van der Waals surface area contributed by atoms with Crippen LogP contribution in [0.4, 0.5) is 5.13 Å². The highest BCUT2D eigenvalue weighted by Crippen LogP contribution is 2.25. The van der Waals surface area contributed by atoms with Crippen molar-refractivity contribution in [2.75, 3.05) is 5.73 Å². The Balaban J connectivity index is 2.93. The Labute approximate surface area is 106 Å². The van der Waals surface area contributed by atoms with Gasteiger partial charge in [-0.25, -0.2) is 18.1 Å². The summed E-state index contributed by atoms with van der Waals surface area (Å²) in [5, 5.41) is 0.277. The predicted molar refractivity (Wildman–Crippen MR) is 70.5 cm³/mol. The standard InChI is InChI=1S/C10H19N3O2S2/c1-5-6(2)7(3)13-17(14,15)9-8(4)12-10(11)16-9/h6-7,13H,5H2,1-4H3,(H2,11,12). The summed E-state index contributed by atoms with van der Waals surface area (Å²) in [7, 11) is -3.50. The number of aromatic nitrogens is 1. The van der Waals surface area contributed by atoms with Crippen molar-refractivity contribution in [3.8, 4) is 0 Å². The van der Waals surface area contributed by atoms with Gasteiger partial charge in [-0.15, -0.1) is 0 Å². The van der Waals surface area contributed by atoms with Crippen LogP contribution in [0.2, 0.25) is 0 Å². The third kappa shape index (κ3) is 3.40. The Morgan fingerprint density at radius 2 is 2.06 bits per heavy atom. The second kappa shape index (κ2) is 5.32. The molecule has 1 aromatic heterocycles. The van der Waals surface area contributed by atoms with Crippen LogP contribution in [0, 0.1) is 12.8 Å². The summed E-state index contributed by atoms with van der Waals surface area (Å²) in [6.07, 6.45) is 0.924. The van der Waals surface area contributed by atoms with E-state index in [1.54, 1.807) is 6.92 Å². The zero-order valence-electron chi connectivity index (χ0n) is 10.5. The number of nitrogen functional groups attached to an aromatic ring is 1. The molecule has 0 saturated heterocycles. The van der Waals surface area contributed by atoms with Crippen LogP contribution in [0.15, 0.2) is 4.21 Å². The molecule has 0 spiro atoms. The summed E-state index contributed by atoms with van der Waals surface area (Å²) in [5.41, 5.74) is 5.96. The number of sulfonamides is 1. The van der Waals surface area contributed by atoms with Crippen LogP contribution >= 0.6 is 11.3 Å². The minimum absolute atomic E-state index is 0.104. The lowest BCUT2D eigenvalue weighted by Gasteiger charge is -2.19. The van der Waals surface area contributed by atoms with Crippen LogP contribution < -0.4 is 10.5 Å². The molecule has 0 aliphatic rings. The Kier molecular flexibility index (Phi) is 4.51. The lowest BCUT2D eigenvalue weighted by molar-refractivity contribution is 0.434. The van der Waals surface area contributed by atoms with Gasteiger partial charge in [-0.3, -0.25) is 0 Å². The quantitative estimate of drug-likeness (QED) is 0.858. The fraction of sp³-hybridized carbons (Fsp3) is 0.700. The molecule has 0 radical (unpaired) electrons. The maximum absolute atomic E-state index is 12.1. The number of anilines is 1. The summed E-state index contributed by atoms with van der Waals surface area (Å²) in [4.78, 5) is 3.93. The normalized spacial score (nSPS) is 15.8. The lowest BCUT2D eigenvalue weighted by atomic mass is 10.0. The van der Waals surface area contributed by atoms with Crippen molar-refractivity contribution in [1.29, 1.82) is 0 Å². The molecular formula is C10H19N3O2S2. The van der Waals surface area contributed by atoms with Crippen molar-refractivity contribution < 1.29 is 8.42 Å².